The third-order valence-electron chi connectivity index (χ3n) is 1.75. The van der Waals surface area contributed by atoms with Crippen molar-refractivity contribution >= 4 is 35.3 Å². The van der Waals surface area contributed by atoms with Gasteiger partial charge in [0.15, 0.2) is 4.34 Å². The van der Waals surface area contributed by atoms with E-state index in [-0.39, 0.29) is 0 Å². The van der Waals surface area contributed by atoms with Crippen LogP contribution in [-0.2, 0) is 0 Å². The van der Waals surface area contributed by atoms with Crippen molar-refractivity contribution in [1.29, 1.82) is 0 Å². The van der Waals surface area contributed by atoms with Crippen LogP contribution in [0.4, 0.5) is 0 Å². The van der Waals surface area contributed by atoms with E-state index in [9.17, 15) is 0 Å². The number of thiazole rings is 1. The number of aromatic nitrogens is 1. The van der Waals surface area contributed by atoms with Gasteiger partial charge in [-0.05, 0) is 24.3 Å². The van der Waals surface area contributed by atoms with Crippen LogP contribution in [-0.4, -0.2) is 10.7 Å². The zero-order valence-corrected chi connectivity index (χ0v) is 9.12. The molecule has 0 fully saturated rings. The van der Waals surface area contributed by atoms with Crippen LogP contribution >= 0.6 is 23.1 Å². The minimum Gasteiger partial charge on any atom is -0.230 e. The highest BCUT2D eigenvalue weighted by Gasteiger charge is 2.07. The molecule has 0 N–H and O–H groups in total. The first-order chi connectivity index (χ1) is 6.40. The van der Waals surface area contributed by atoms with E-state index in [1.807, 2.05) is 11.8 Å². The van der Waals surface area contributed by atoms with E-state index in [4.69, 9.17) is 0 Å². The summed E-state index contributed by atoms with van der Waals surface area (Å²) in [5, 5.41) is 0. The molecular weight excluding hydrogens is 198 g/mol. The van der Waals surface area contributed by atoms with Gasteiger partial charge in [0.25, 0.3) is 0 Å². The Bertz CT molecular complexity index is 320. The molecule has 3 heteroatoms. The SMILES string of the molecule is CCSc1nc2c(s1)C=CCC=C2. The standard InChI is InChI=1S/C10H11NS2/c1-2-12-10-11-8-6-4-3-5-7-9(8)13-10/h4-7H,2-3H2,1H3. The first-order valence-corrected chi connectivity index (χ1v) is 6.17. The number of hydrogen-bond donors (Lipinski definition) is 0. The summed E-state index contributed by atoms with van der Waals surface area (Å²) < 4.78 is 1.18. The van der Waals surface area contributed by atoms with E-state index in [1.54, 1.807) is 11.3 Å². The molecule has 0 saturated heterocycles. The van der Waals surface area contributed by atoms with Crippen molar-refractivity contribution in [3.8, 4) is 0 Å². The van der Waals surface area contributed by atoms with E-state index < -0.39 is 0 Å². The molecule has 0 aromatic carbocycles. The monoisotopic (exact) mass is 209 g/mol. The molecule has 1 nitrogen and oxygen atoms in total. The van der Waals surface area contributed by atoms with Crippen LogP contribution in [0, 0.1) is 0 Å². The van der Waals surface area contributed by atoms with Gasteiger partial charge in [-0.3, -0.25) is 0 Å². The quantitative estimate of drug-likeness (QED) is 0.689. The summed E-state index contributed by atoms with van der Waals surface area (Å²) in [5.41, 5.74) is 1.13. The zero-order valence-electron chi connectivity index (χ0n) is 7.49. The van der Waals surface area contributed by atoms with Crippen LogP contribution in [0.1, 0.15) is 23.9 Å². The highest BCUT2D eigenvalue weighted by Crippen LogP contribution is 2.30. The number of hydrogen-bond acceptors (Lipinski definition) is 3. The maximum absolute atomic E-state index is 4.54. The van der Waals surface area contributed by atoms with Gasteiger partial charge in [-0.15, -0.1) is 11.3 Å². The molecule has 0 amide bonds. The van der Waals surface area contributed by atoms with Gasteiger partial charge in [-0.1, -0.05) is 30.8 Å². The number of thioether (sulfide) groups is 1. The molecule has 68 valence electrons. The van der Waals surface area contributed by atoms with Crippen LogP contribution in [0.3, 0.4) is 0 Å². The molecule has 1 aromatic heterocycles. The lowest BCUT2D eigenvalue weighted by atomic mass is 10.3. The van der Waals surface area contributed by atoms with Crippen molar-refractivity contribution < 1.29 is 0 Å². The molecule has 1 aliphatic carbocycles. The van der Waals surface area contributed by atoms with E-state index >= 15 is 0 Å². The molecule has 0 spiro atoms. The average molecular weight is 209 g/mol. The van der Waals surface area contributed by atoms with Crippen molar-refractivity contribution in [2.45, 2.75) is 17.7 Å². The summed E-state index contributed by atoms with van der Waals surface area (Å²) in [5.74, 6) is 1.10. The summed E-state index contributed by atoms with van der Waals surface area (Å²) >= 11 is 3.60. The zero-order chi connectivity index (χ0) is 9.10. The molecule has 0 aliphatic heterocycles. The fourth-order valence-electron chi connectivity index (χ4n) is 1.18. The average Bonchev–Trinajstić information content (AvgIpc) is 2.37. The molecule has 2 rings (SSSR count). The molecule has 0 bridgehead atoms. The van der Waals surface area contributed by atoms with E-state index in [0.717, 1.165) is 17.9 Å². The van der Waals surface area contributed by atoms with Crippen LogP contribution in [0.25, 0.3) is 12.2 Å². The first kappa shape index (κ1) is 9.03. The Hall–Kier alpha value is -0.540. The van der Waals surface area contributed by atoms with E-state index in [2.05, 4.69) is 36.2 Å². The maximum atomic E-state index is 4.54. The van der Waals surface area contributed by atoms with Crippen LogP contribution in [0.5, 0.6) is 0 Å². The second-order valence-corrected chi connectivity index (χ2v) is 5.24. The summed E-state index contributed by atoms with van der Waals surface area (Å²) in [4.78, 5) is 5.84. The van der Waals surface area contributed by atoms with Gasteiger partial charge < -0.3 is 0 Å². The first-order valence-electron chi connectivity index (χ1n) is 4.37. The molecule has 1 aliphatic rings. The van der Waals surface area contributed by atoms with E-state index in [0.29, 0.717) is 0 Å². The summed E-state index contributed by atoms with van der Waals surface area (Å²) in [6.45, 7) is 2.16. The molecule has 13 heavy (non-hydrogen) atoms. The summed E-state index contributed by atoms with van der Waals surface area (Å²) in [7, 11) is 0. The molecule has 0 unspecified atom stereocenters. The van der Waals surface area contributed by atoms with Crippen LogP contribution in [0.2, 0.25) is 0 Å². The third kappa shape index (κ3) is 2.03. The number of nitrogens with zero attached hydrogens (tertiary/aromatic N) is 1. The molecule has 0 atom stereocenters. The predicted octanol–water partition coefficient (Wildman–Crippen LogP) is 3.69. The molecule has 0 radical (unpaired) electrons. The number of allylic oxidation sites excluding steroid dienone is 2. The van der Waals surface area contributed by atoms with Gasteiger partial charge in [0.1, 0.15) is 0 Å². The fraction of sp³-hybridized carbons (Fsp3) is 0.300. The van der Waals surface area contributed by atoms with Crippen molar-refractivity contribution in [2.24, 2.45) is 0 Å². The van der Waals surface area contributed by atoms with Crippen molar-refractivity contribution in [2.75, 3.05) is 5.75 Å². The minimum absolute atomic E-state index is 1.03. The van der Waals surface area contributed by atoms with Gasteiger partial charge in [-0.25, -0.2) is 4.98 Å². The minimum atomic E-state index is 1.03. The lowest BCUT2D eigenvalue weighted by molar-refractivity contribution is 1.22. The van der Waals surface area contributed by atoms with Gasteiger partial charge in [0, 0.05) is 0 Å². The predicted molar refractivity (Wildman–Crippen MR) is 61.2 cm³/mol. The second kappa shape index (κ2) is 4.11. The Labute approximate surface area is 86.6 Å². The fourth-order valence-corrected chi connectivity index (χ4v) is 3.16. The number of fused-ring (bicyclic) bond motifs is 1. The Kier molecular flexibility index (Phi) is 2.86. The third-order valence-corrected chi connectivity index (χ3v) is 3.81. The Morgan fingerprint density at radius 1 is 1.46 bits per heavy atom. The highest BCUT2D eigenvalue weighted by molar-refractivity contribution is 8.01. The van der Waals surface area contributed by atoms with Crippen LogP contribution < -0.4 is 0 Å². The molecular formula is C10H11NS2. The van der Waals surface area contributed by atoms with Gasteiger partial charge in [0.2, 0.25) is 0 Å². The number of rotatable bonds is 2. The largest absolute Gasteiger partial charge is 0.230 e. The normalized spacial score (nSPS) is 14.2. The maximum Gasteiger partial charge on any atom is 0.151 e. The van der Waals surface area contributed by atoms with Crippen LogP contribution in [0.15, 0.2) is 16.5 Å². The van der Waals surface area contributed by atoms with Gasteiger partial charge >= 0.3 is 0 Å². The van der Waals surface area contributed by atoms with E-state index in [1.165, 1.54) is 9.22 Å². The van der Waals surface area contributed by atoms with Gasteiger partial charge in [0.05, 0.1) is 10.6 Å². The molecule has 1 heterocycles. The Morgan fingerprint density at radius 2 is 2.31 bits per heavy atom. The molecule has 1 aromatic rings. The lowest BCUT2D eigenvalue weighted by Crippen LogP contribution is -1.74. The van der Waals surface area contributed by atoms with Gasteiger partial charge in [-0.2, -0.15) is 0 Å². The smallest absolute Gasteiger partial charge is 0.151 e. The lowest BCUT2D eigenvalue weighted by Gasteiger charge is -1.86. The van der Waals surface area contributed by atoms with Crippen molar-refractivity contribution in [3.05, 3.63) is 22.7 Å². The topological polar surface area (TPSA) is 12.9 Å². The highest BCUT2D eigenvalue weighted by atomic mass is 32.2. The summed E-state index contributed by atoms with van der Waals surface area (Å²) in [6.07, 6.45) is 9.65. The summed E-state index contributed by atoms with van der Waals surface area (Å²) in [6, 6.07) is 0. The van der Waals surface area contributed by atoms with Crippen molar-refractivity contribution in [3.63, 3.8) is 0 Å². The second-order valence-electron chi connectivity index (χ2n) is 2.70. The Morgan fingerprint density at radius 3 is 3.15 bits per heavy atom. The molecule has 0 saturated carbocycles. The van der Waals surface area contributed by atoms with Crippen molar-refractivity contribution in [1.82, 2.24) is 4.98 Å². The Balaban J connectivity index is 2.33.